The van der Waals surface area contributed by atoms with E-state index in [2.05, 4.69) is 62.5 Å². The molecule has 3 aromatic carbocycles. The molecule has 0 aliphatic rings. The Morgan fingerprint density at radius 1 is 0.881 bits per heavy atom. The molecule has 220 valence electrons. The number of rotatable bonds is 10. The van der Waals surface area contributed by atoms with Crippen LogP contribution in [0.4, 0.5) is 0 Å². The Bertz CT molecular complexity index is 1530. The van der Waals surface area contributed by atoms with Crippen molar-refractivity contribution in [1.82, 2.24) is 15.1 Å². The Hall–Kier alpha value is -4.39. The third kappa shape index (κ3) is 7.46. The Balaban J connectivity index is 1.51. The van der Waals surface area contributed by atoms with Gasteiger partial charge in [-0.2, -0.15) is 5.10 Å². The third-order valence-corrected chi connectivity index (χ3v) is 7.06. The number of benzene rings is 3. The maximum Gasteiger partial charge on any atom is 0.349 e. The van der Waals surface area contributed by atoms with Crippen LogP contribution in [0, 0.1) is 6.92 Å². The molecule has 0 spiro atoms. The number of carbonyl (C=O) groups is 2. The van der Waals surface area contributed by atoms with E-state index < -0.39 is 11.6 Å². The molecular formula is C35H41N3O4. The van der Waals surface area contributed by atoms with Crippen molar-refractivity contribution in [2.45, 2.75) is 72.6 Å². The number of esters is 1. The van der Waals surface area contributed by atoms with Gasteiger partial charge in [-0.1, -0.05) is 87.5 Å². The van der Waals surface area contributed by atoms with Gasteiger partial charge in [-0.3, -0.25) is 9.48 Å². The molecule has 7 heteroatoms. The summed E-state index contributed by atoms with van der Waals surface area (Å²) in [4.78, 5) is 25.5. The Morgan fingerprint density at radius 3 is 2.19 bits per heavy atom. The second kappa shape index (κ2) is 12.6. The van der Waals surface area contributed by atoms with Crippen LogP contribution in [0.15, 0.2) is 78.9 Å². The van der Waals surface area contributed by atoms with Crippen LogP contribution < -0.4 is 10.1 Å². The highest BCUT2D eigenvalue weighted by molar-refractivity contribution is 5.93. The van der Waals surface area contributed by atoms with E-state index in [0.29, 0.717) is 31.1 Å². The number of ether oxygens (including phenoxy) is 2. The van der Waals surface area contributed by atoms with Gasteiger partial charge in [0.25, 0.3) is 5.91 Å². The van der Waals surface area contributed by atoms with E-state index in [4.69, 9.17) is 14.6 Å². The van der Waals surface area contributed by atoms with Gasteiger partial charge in [0.05, 0.1) is 18.8 Å². The van der Waals surface area contributed by atoms with Gasteiger partial charge in [-0.25, -0.2) is 4.79 Å². The van der Waals surface area contributed by atoms with Crippen molar-refractivity contribution in [3.63, 3.8) is 0 Å². The highest BCUT2D eigenvalue weighted by Gasteiger charge is 2.32. The number of hydrogen-bond donors (Lipinski definition) is 1. The number of amides is 1. The first-order valence-electron chi connectivity index (χ1n) is 14.3. The fraction of sp³-hybridized carbons (Fsp3) is 0.343. The topological polar surface area (TPSA) is 82.5 Å². The summed E-state index contributed by atoms with van der Waals surface area (Å²) in [5.74, 6) is -0.0855. The van der Waals surface area contributed by atoms with Crippen molar-refractivity contribution < 1.29 is 19.1 Å². The molecule has 0 radical (unpaired) electrons. The van der Waals surface area contributed by atoms with Crippen LogP contribution in [0.3, 0.4) is 0 Å². The molecule has 1 heterocycles. The van der Waals surface area contributed by atoms with E-state index in [1.165, 1.54) is 5.56 Å². The zero-order valence-electron chi connectivity index (χ0n) is 25.7. The zero-order chi connectivity index (χ0) is 30.5. The molecule has 0 aliphatic heterocycles. The van der Waals surface area contributed by atoms with E-state index in [9.17, 15) is 9.59 Å². The van der Waals surface area contributed by atoms with Crippen LogP contribution in [0.25, 0.3) is 11.3 Å². The Labute approximate surface area is 248 Å². The minimum Gasteiger partial charge on any atom is -0.476 e. The van der Waals surface area contributed by atoms with Gasteiger partial charge in [0.1, 0.15) is 5.75 Å². The molecule has 0 saturated heterocycles. The first-order chi connectivity index (χ1) is 19.9. The second-order valence-electron chi connectivity index (χ2n) is 12.0. The summed E-state index contributed by atoms with van der Waals surface area (Å²) < 4.78 is 13.0. The minimum absolute atomic E-state index is 0.0492. The summed E-state index contributed by atoms with van der Waals surface area (Å²) in [6, 6.07) is 26.0. The van der Waals surface area contributed by atoms with Gasteiger partial charge in [-0.05, 0) is 73.1 Å². The van der Waals surface area contributed by atoms with E-state index in [0.717, 1.165) is 27.9 Å². The fourth-order valence-corrected chi connectivity index (χ4v) is 4.61. The predicted octanol–water partition coefficient (Wildman–Crippen LogP) is 6.85. The van der Waals surface area contributed by atoms with Gasteiger partial charge >= 0.3 is 5.97 Å². The maximum atomic E-state index is 13.3. The molecule has 4 aromatic rings. The molecule has 0 fully saturated rings. The molecule has 1 N–H and O–H groups in total. The molecule has 0 atom stereocenters. The Kier molecular flexibility index (Phi) is 9.20. The molecule has 7 nitrogen and oxygen atoms in total. The fourth-order valence-electron chi connectivity index (χ4n) is 4.61. The van der Waals surface area contributed by atoms with Crippen molar-refractivity contribution in [3.8, 4) is 17.0 Å². The van der Waals surface area contributed by atoms with Crippen LogP contribution in [0.2, 0.25) is 0 Å². The molecule has 4 rings (SSSR count). The van der Waals surface area contributed by atoms with E-state index in [1.54, 1.807) is 20.8 Å². The smallest absolute Gasteiger partial charge is 0.349 e. The van der Waals surface area contributed by atoms with E-state index in [-0.39, 0.29) is 11.3 Å². The van der Waals surface area contributed by atoms with Gasteiger partial charge in [0.15, 0.2) is 11.3 Å². The van der Waals surface area contributed by atoms with Crippen molar-refractivity contribution in [2.75, 3.05) is 6.61 Å². The number of nitrogens with one attached hydrogen (secondary N) is 1. The zero-order valence-corrected chi connectivity index (χ0v) is 25.7. The first kappa shape index (κ1) is 30.6. The van der Waals surface area contributed by atoms with Gasteiger partial charge in [-0.15, -0.1) is 0 Å². The molecule has 0 unspecified atom stereocenters. The predicted molar refractivity (Wildman–Crippen MR) is 166 cm³/mol. The lowest BCUT2D eigenvalue weighted by Gasteiger charge is -2.25. The average molecular weight is 568 g/mol. The lowest BCUT2D eigenvalue weighted by atomic mass is 9.86. The van der Waals surface area contributed by atoms with Crippen molar-refractivity contribution in [3.05, 3.63) is 107 Å². The molecular weight excluding hydrogens is 526 g/mol. The standard InChI is InChI=1S/C35H41N3O4/c1-8-41-33(40)35(6,7)42-31-19-14-26(20-24(31)2)22-36-32(39)29-21-30(27-15-17-28(18-16-27)34(3,4)5)38(37-29)23-25-12-10-9-11-13-25/h9-21H,8,22-23H2,1-7H3,(H,36,39). The van der Waals surface area contributed by atoms with Crippen LogP contribution in [-0.2, 0) is 28.0 Å². The molecule has 1 amide bonds. The summed E-state index contributed by atoms with van der Waals surface area (Å²) in [6.45, 7) is 14.8. The average Bonchev–Trinajstić information content (AvgIpc) is 3.37. The van der Waals surface area contributed by atoms with Crippen LogP contribution in [0.5, 0.6) is 5.75 Å². The van der Waals surface area contributed by atoms with Crippen molar-refractivity contribution in [1.29, 1.82) is 0 Å². The van der Waals surface area contributed by atoms with Crippen molar-refractivity contribution >= 4 is 11.9 Å². The lowest BCUT2D eigenvalue weighted by molar-refractivity contribution is -0.158. The summed E-state index contributed by atoms with van der Waals surface area (Å²) in [6.07, 6.45) is 0. The van der Waals surface area contributed by atoms with Gasteiger partial charge in [0.2, 0.25) is 0 Å². The number of nitrogens with zero attached hydrogens (tertiary/aromatic N) is 2. The summed E-state index contributed by atoms with van der Waals surface area (Å²) in [7, 11) is 0. The SMILES string of the molecule is CCOC(=O)C(C)(C)Oc1ccc(CNC(=O)c2cc(-c3ccc(C(C)(C)C)cc3)n(Cc3ccccc3)n2)cc1C. The number of aromatic nitrogens is 2. The number of aryl methyl sites for hydroxylation is 1. The lowest BCUT2D eigenvalue weighted by Crippen LogP contribution is -2.39. The molecule has 42 heavy (non-hydrogen) atoms. The van der Waals surface area contributed by atoms with E-state index in [1.807, 2.05) is 54.1 Å². The summed E-state index contributed by atoms with van der Waals surface area (Å²) in [5.41, 5.74) is 5.28. The van der Waals surface area contributed by atoms with Gasteiger partial charge in [0, 0.05) is 6.54 Å². The van der Waals surface area contributed by atoms with Crippen LogP contribution in [0.1, 0.15) is 74.3 Å². The minimum atomic E-state index is -1.11. The van der Waals surface area contributed by atoms with Crippen LogP contribution >= 0.6 is 0 Å². The number of carbonyl (C=O) groups excluding carboxylic acids is 2. The largest absolute Gasteiger partial charge is 0.476 e. The Morgan fingerprint density at radius 2 is 1.57 bits per heavy atom. The molecule has 0 saturated carbocycles. The molecule has 1 aromatic heterocycles. The van der Waals surface area contributed by atoms with Crippen molar-refractivity contribution in [2.24, 2.45) is 0 Å². The second-order valence-corrected chi connectivity index (χ2v) is 12.0. The molecule has 0 bridgehead atoms. The highest BCUT2D eigenvalue weighted by Crippen LogP contribution is 2.28. The number of hydrogen-bond acceptors (Lipinski definition) is 5. The quantitative estimate of drug-likeness (QED) is 0.212. The molecule has 0 aliphatic carbocycles. The third-order valence-electron chi connectivity index (χ3n) is 7.06. The highest BCUT2D eigenvalue weighted by atomic mass is 16.6. The normalized spacial score (nSPS) is 11.7. The maximum absolute atomic E-state index is 13.3. The van der Waals surface area contributed by atoms with E-state index >= 15 is 0 Å². The first-order valence-corrected chi connectivity index (χ1v) is 14.3. The summed E-state index contributed by atoms with van der Waals surface area (Å²) in [5, 5.41) is 7.71. The summed E-state index contributed by atoms with van der Waals surface area (Å²) >= 11 is 0. The monoisotopic (exact) mass is 567 g/mol. The van der Waals surface area contributed by atoms with Gasteiger partial charge < -0.3 is 14.8 Å². The van der Waals surface area contributed by atoms with Crippen LogP contribution in [-0.4, -0.2) is 33.9 Å².